The number of nitrogens with one attached hydrogen (secondary N) is 1. The second-order valence-electron chi connectivity index (χ2n) is 7.32. The molecule has 1 aromatic rings. The van der Waals surface area contributed by atoms with Gasteiger partial charge in [-0.3, -0.25) is 9.69 Å². The molecule has 1 amide bonds. The van der Waals surface area contributed by atoms with E-state index in [0.717, 1.165) is 49.2 Å². The van der Waals surface area contributed by atoms with Crippen LogP contribution in [0.25, 0.3) is 0 Å². The predicted octanol–water partition coefficient (Wildman–Crippen LogP) is 5.13. The molecule has 1 atom stereocenters. The van der Waals surface area contributed by atoms with Crippen molar-refractivity contribution in [2.24, 2.45) is 0 Å². The van der Waals surface area contributed by atoms with Gasteiger partial charge in [0.1, 0.15) is 0 Å². The highest BCUT2D eigenvalue weighted by Crippen LogP contribution is 2.39. The van der Waals surface area contributed by atoms with E-state index in [1.807, 2.05) is 39.8 Å². The van der Waals surface area contributed by atoms with E-state index >= 15 is 0 Å². The zero-order valence-corrected chi connectivity index (χ0v) is 17.7. The monoisotopic (exact) mass is 412 g/mol. The third kappa shape index (κ3) is 6.99. The summed E-state index contributed by atoms with van der Waals surface area (Å²) in [4.78, 5) is 14.6. The largest absolute Gasteiger partial charge is 0.353 e. The summed E-state index contributed by atoms with van der Waals surface area (Å²) in [5, 5.41) is 4.87. The number of likely N-dealkylation sites (tertiary alicyclic amines) is 1. The van der Waals surface area contributed by atoms with Crippen LogP contribution in [0.3, 0.4) is 0 Å². The van der Waals surface area contributed by atoms with Crippen LogP contribution in [0.4, 0.5) is 0 Å². The fraction of sp³-hybridized carbons (Fsp3) is 0.650. The molecule has 0 spiro atoms. The molecule has 0 radical (unpaired) electrons. The second kappa shape index (κ2) is 10.8. The summed E-state index contributed by atoms with van der Waals surface area (Å²) in [6.45, 7) is 3.01. The van der Waals surface area contributed by atoms with Crippen LogP contribution in [0.5, 0.6) is 0 Å². The van der Waals surface area contributed by atoms with Gasteiger partial charge in [0.2, 0.25) is 5.91 Å². The Kier molecular flexibility index (Phi) is 8.50. The van der Waals surface area contributed by atoms with Crippen molar-refractivity contribution in [1.82, 2.24) is 10.2 Å². The quantitative estimate of drug-likeness (QED) is 0.473. The van der Waals surface area contributed by atoms with Crippen molar-refractivity contribution in [3.63, 3.8) is 0 Å². The van der Waals surface area contributed by atoms with Crippen LogP contribution in [-0.4, -0.2) is 40.9 Å². The SMILES string of the molecule is O=C(CCCCC1CCSS1)NC1CCN(Cc2cccc(Cl)c2)CC1. The van der Waals surface area contributed by atoms with Crippen LogP contribution < -0.4 is 5.32 Å². The van der Waals surface area contributed by atoms with Gasteiger partial charge in [-0.1, -0.05) is 51.7 Å². The van der Waals surface area contributed by atoms with Gasteiger partial charge in [0.05, 0.1) is 0 Å². The Hall–Kier alpha value is -0.360. The third-order valence-electron chi connectivity index (χ3n) is 5.16. The summed E-state index contributed by atoms with van der Waals surface area (Å²) < 4.78 is 0. The third-order valence-corrected chi connectivity index (χ3v) is 8.40. The average molecular weight is 413 g/mol. The number of halogens is 1. The summed E-state index contributed by atoms with van der Waals surface area (Å²) in [7, 11) is 4.03. The molecule has 2 fully saturated rings. The molecule has 2 heterocycles. The minimum absolute atomic E-state index is 0.242. The Bertz CT molecular complexity index is 573. The second-order valence-corrected chi connectivity index (χ2v) is 10.5. The van der Waals surface area contributed by atoms with Crippen molar-refractivity contribution in [3.8, 4) is 0 Å². The summed E-state index contributed by atoms with van der Waals surface area (Å²) in [5.74, 6) is 1.54. The summed E-state index contributed by atoms with van der Waals surface area (Å²) in [6, 6.07) is 8.44. The van der Waals surface area contributed by atoms with Gasteiger partial charge in [0, 0.05) is 48.1 Å². The minimum Gasteiger partial charge on any atom is -0.353 e. The summed E-state index contributed by atoms with van der Waals surface area (Å²) in [5.41, 5.74) is 1.26. The lowest BCUT2D eigenvalue weighted by Gasteiger charge is -2.32. The number of nitrogens with zero attached hydrogens (tertiary/aromatic N) is 1. The van der Waals surface area contributed by atoms with Crippen LogP contribution in [0.1, 0.15) is 50.5 Å². The Morgan fingerprint density at radius 2 is 2.08 bits per heavy atom. The average Bonchev–Trinajstić information content (AvgIpc) is 3.14. The maximum absolute atomic E-state index is 12.2. The Morgan fingerprint density at radius 1 is 1.23 bits per heavy atom. The smallest absolute Gasteiger partial charge is 0.220 e. The summed E-state index contributed by atoms with van der Waals surface area (Å²) in [6.07, 6.45) is 7.60. The molecule has 0 aromatic heterocycles. The fourth-order valence-corrected chi connectivity index (χ4v) is 6.89. The number of carbonyl (C=O) groups excluding carboxylic acids is 1. The topological polar surface area (TPSA) is 32.3 Å². The standard InChI is InChI=1S/C20H29ClN2OS2/c21-17-5-3-4-16(14-17)15-23-11-8-18(9-12-23)22-20(24)7-2-1-6-19-10-13-25-26-19/h3-5,14,18-19H,1-2,6-13,15H2,(H,22,24). The number of hydrogen-bond acceptors (Lipinski definition) is 4. The lowest BCUT2D eigenvalue weighted by atomic mass is 10.0. The van der Waals surface area contributed by atoms with E-state index in [1.54, 1.807) is 0 Å². The zero-order valence-electron chi connectivity index (χ0n) is 15.3. The first-order valence-corrected chi connectivity index (χ1v) is 12.5. The van der Waals surface area contributed by atoms with E-state index in [-0.39, 0.29) is 5.91 Å². The number of piperidine rings is 1. The molecule has 1 unspecified atom stereocenters. The highest BCUT2D eigenvalue weighted by molar-refractivity contribution is 8.77. The van der Waals surface area contributed by atoms with Gasteiger partial charge >= 0.3 is 0 Å². The highest BCUT2D eigenvalue weighted by Gasteiger charge is 2.21. The molecule has 3 rings (SSSR count). The van der Waals surface area contributed by atoms with Crippen LogP contribution in [0.15, 0.2) is 24.3 Å². The number of hydrogen-bond donors (Lipinski definition) is 1. The van der Waals surface area contributed by atoms with Gasteiger partial charge in [0.15, 0.2) is 0 Å². The van der Waals surface area contributed by atoms with Crippen molar-refractivity contribution >= 4 is 39.1 Å². The van der Waals surface area contributed by atoms with Gasteiger partial charge in [-0.2, -0.15) is 0 Å². The van der Waals surface area contributed by atoms with Gasteiger partial charge in [-0.15, -0.1) is 0 Å². The van der Waals surface area contributed by atoms with E-state index in [2.05, 4.69) is 16.3 Å². The first-order valence-electron chi connectivity index (χ1n) is 9.73. The fourth-order valence-electron chi connectivity index (χ4n) is 3.65. The molecule has 3 nitrogen and oxygen atoms in total. The van der Waals surface area contributed by atoms with E-state index in [0.29, 0.717) is 12.5 Å². The maximum atomic E-state index is 12.2. The molecule has 2 aliphatic heterocycles. The number of benzene rings is 1. The first-order chi connectivity index (χ1) is 12.7. The van der Waals surface area contributed by atoms with Gasteiger partial charge in [0.25, 0.3) is 0 Å². The lowest BCUT2D eigenvalue weighted by molar-refractivity contribution is -0.122. The lowest BCUT2D eigenvalue weighted by Crippen LogP contribution is -2.44. The molecular weight excluding hydrogens is 384 g/mol. The van der Waals surface area contributed by atoms with Gasteiger partial charge in [-0.05, 0) is 49.8 Å². The zero-order chi connectivity index (χ0) is 18.2. The number of unbranched alkanes of at least 4 members (excludes halogenated alkanes) is 1. The molecule has 2 aliphatic rings. The maximum Gasteiger partial charge on any atom is 0.220 e. The van der Waals surface area contributed by atoms with Crippen LogP contribution >= 0.6 is 33.2 Å². The van der Waals surface area contributed by atoms with E-state index < -0.39 is 0 Å². The van der Waals surface area contributed by atoms with Crippen LogP contribution in [0.2, 0.25) is 5.02 Å². The molecule has 0 saturated carbocycles. The molecule has 0 aliphatic carbocycles. The molecule has 0 bridgehead atoms. The molecule has 6 heteroatoms. The van der Waals surface area contributed by atoms with Crippen molar-refractivity contribution in [3.05, 3.63) is 34.9 Å². The molecular formula is C20H29ClN2OS2. The van der Waals surface area contributed by atoms with Gasteiger partial charge < -0.3 is 5.32 Å². The van der Waals surface area contributed by atoms with Crippen molar-refractivity contribution in [2.75, 3.05) is 18.8 Å². The molecule has 26 heavy (non-hydrogen) atoms. The Labute approximate surface area is 170 Å². The minimum atomic E-state index is 0.242. The van der Waals surface area contributed by atoms with Crippen LogP contribution in [0, 0.1) is 0 Å². The number of amides is 1. The van der Waals surface area contributed by atoms with E-state index in [1.165, 1.54) is 30.6 Å². The molecule has 2 saturated heterocycles. The van der Waals surface area contributed by atoms with Gasteiger partial charge in [-0.25, -0.2) is 0 Å². The molecule has 1 N–H and O–H groups in total. The first kappa shape index (κ1) is 20.4. The predicted molar refractivity (Wildman–Crippen MR) is 115 cm³/mol. The van der Waals surface area contributed by atoms with Crippen LogP contribution in [-0.2, 0) is 11.3 Å². The summed E-state index contributed by atoms with van der Waals surface area (Å²) >= 11 is 6.06. The van der Waals surface area contributed by atoms with Crippen molar-refractivity contribution in [1.29, 1.82) is 0 Å². The Morgan fingerprint density at radius 3 is 2.81 bits per heavy atom. The van der Waals surface area contributed by atoms with E-state index in [4.69, 9.17) is 11.6 Å². The Balaban J connectivity index is 1.27. The molecule has 1 aromatic carbocycles. The number of carbonyl (C=O) groups is 1. The van der Waals surface area contributed by atoms with E-state index in [9.17, 15) is 4.79 Å². The molecule has 144 valence electrons. The normalized spacial score (nSPS) is 21.8. The highest BCUT2D eigenvalue weighted by atomic mass is 35.5. The number of rotatable bonds is 8. The van der Waals surface area contributed by atoms with Crippen molar-refractivity contribution in [2.45, 2.75) is 62.8 Å². The van der Waals surface area contributed by atoms with Crippen molar-refractivity contribution < 1.29 is 4.79 Å².